The van der Waals surface area contributed by atoms with Gasteiger partial charge in [0, 0.05) is 11.1 Å². The fourth-order valence-electron chi connectivity index (χ4n) is 5.04. The van der Waals surface area contributed by atoms with Gasteiger partial charge >= 0.3 is 5.97 Å². The van der Waals surface area contributed by atoms with Crippen molar-refractivity contribution in [2.45, 2.75) is 39.3 Å². The molecule has 1 aromatic heterocycles. The number of methoxy groups -OCH3 is 1. The zero-order chi connectivity index (χ0) is 30.3. The molecule has 0 unspecified atom stereocenters. The van der Waals surface area contributed by atoms with Crippen LogP contribution in [0.1, 0.15) is 55.0 Å². The zero-order valence-electron chi connectivity index (χ0n) is 24.2. The predicted molar refractivity (Wildman–Crippen MR) is 165 cm³/mol. The molecule has 8 nitrogen and oxygen atoms in total. The molecule has 2 heterocycles. The highest BCUT2D eigenvalue weighted by Crippen LogP contribution is 2.36. The number of hydrogen-bond acceptors (Lipinski definition) is 8. The molecule has 5 rings (SSSR count). The Morgan fingerprint density at radius 3 is 2.53 bits per heavy atom. The quantitative estimate of drug-likeness (QED) is 0.239. The predicted octanol–water partition coefficient (Wildman–Crippen LogP) is 5.04. The maximum absolute atomic E-state index is 14.0. The van der Waals surface area contributed by atoms with Crippen molar-refractivity contribution in [3.8, 4) is 17.6 Å². The third-order valence-corrected chi connectivity index (χ3v) is 8.02. The Morgan fingerprint density at radius 2 is 1.81 bits per heavy atom. The number of carbonyl (C=O) groups is 1. The van der Waals surface area contributed by atoms with Crippen molar-refractivity contribution in [3.05, 3.63) is 126 Å². The van der Waals surface area contributed by atoms with Crippen molar-refractivity contribution in [3.63, 3.8) is 0 Å². The molecule has 3 aromatic carbocycles. The van der Waals surface area contributed by atoms with E-state index < -0.39 is 12.0 Å². The maximum atomic E-state index is 14.0. The summed E-state index contributed by atoms with van der Waals surface area (Å²) in [4.78, 5) is 32.7. The van der Waals surface area contributed by atoms with E-state index in [-0.39, 0.29) is 18.8 Å². The third-order valence-electron chi connectivity index (χ3n) is 7.04. The lowest BCUT2D eigenvalue weighted by Gasteiger charge is -2.26. The van der Waals surface area contributed by atoms with Gasteiger partial charge < -0.3 is 14.2 Å². The van der Waals surface area contributed by atoms with Crippen LogP contribution in [0, 0.1) is 11.3 Å². The summed E-state index contributed by atoms with van der Waals surface area (Å²) in [5.74, 6) is 0.716. The first-order valence-electron chi connectivity index (χ1n) is 14.0. The van der Waals surface area contributed by atoms with Crippen LogP contribution in [0.2, 0.25) is 0 Å². The van der Waals surface area contributed by atoms with Crippen molar-refractivity contribution in [2.24, 2.45) is 4.99 Å². The van der Waals surface area contributed by atoms with Crippen LogP contribution >= 0.6 is 11.3 Å². The number of nitrogens with zero attached hydrogens (tertiary/aromatic N) is 3. The number of ether oxygens (including phenoxy) is 3. The summed E-state index contributed by atoms with van der Waals surface area (Å²) in [5, 5.41) is 9.32. The van der Waals surface area contributed by atoms with Crippen LogP contribution < -0.4 is 24.4 Å². The third kappa shape index (κ3) is 6.15. The summed E-state index contributed by atoms with van der Waals surface area (Å²) >= 11 is 1.28. The average Bonchev–Trinajstić information content (AvgIpc) is 3.34. The fraction of sp³-hybridized carbons (Fsp3) is 0.235. The Kier molecular flexibility index (Phi) is 9.18. The molecule has 0 bridgehead atoms. The molecule has 4 aromatic rings. The lowest BCUT2D eigenvalue weighted by molar-refractivity contribution is -0.139. The van der Waals surface area contributed by atoms with Gasteiger partial charge in [-0.05, 0) is 49.2 Å². The largest absolute Gasteiger partial charge is 0.496 e. The second-order valence-corrected chi connectivity index (χ2v) is 10.8. The smallest absolute Gasteiger partial charge is 0.338 e. The Hall–Kier alpha value is -4.94. The van der Waals surface area contributed by atoms with Crippen molar-refractivity contribution in [1.29, 1.82) is 5.26 Å². The van der Waals surface area contributed by atoms with Gasteiger partial charge in [0.15, 0.2) is 4.80 Å². The van der Waals surface area contributed by atoms with Gasteiger partial charge in [0.2, 0.25) is 0 Å². The van der Waals surface area contributed by atoms with E-state index in [4.69, 9.17) is 19.2 Å². The van der Waals surface area contributed by atoms with E-state index in [1.165, 1.54) is 11.3 Å². The standard InChI is InChI=1S/C34H31N3O5S/c1-4-10-27-30(33(39)41-5-2)31(26-13-8-9-14-28(26)40-3)37-32(38)29(43-34(37)36-27)19-22-15-17-25(18-16-22)42-21-24-12-7-6-11-23(24)20-35/h6-9,11-19,31H,4-5,10,21H2,1-3H3/b29-19+/t31-/m0/s1. The summed E-state index contributed by atoms with van der Waals surface area (Å²) in [6.45, 7) is 4.25. The van der Waals surface area contributed by atoms with Gasteiger partial charge in [0.1, 0.15) is 24.1 Å². The van der Waals surface area contributed by atoms with Crippen LogP contribution in [-0.2, 0) is 16.1 Å². The zero-order valence-corrected chi connectivity index (χ0v) is 25.0. The number of fused-ring (bicyclic) bond motifs is 1. The highest BCUT2D eigenvalue weighted by molar-refractivity contribution is 7.07. The number of rotatable bonds is 10. The molecule has 0 saturated carbocycles. The lowest BCUT2D eigenvalue weighted by atomic mass is 9.93. The summed E-state index contributed by atoms with van der Waals surface area (Å²) in [6, 6.07) is 23.5. The van der Waals surface area contributed by atoms with Crippen LogP contribution in [-0.4, -0.2) is 24.3 Å². The molecule has 1 atom stereocenters. The average molecular weight is 594 g/mol. The van der Waals surface area contributed by atoms with E-state index >= 15 is 0 Å². The Morgan fingerprint density at radius 1 is 1.07 bits per heavy atom. The molecular weight excluding hydrogens is 562 g/mol. The molecule has 0 saturated heterocycles. The fourth-order valence-corrected chi connectivity index (χ4v) is 6.06. The molecule has 0 radical (unpaired) electrons. The molecule has 0 N–H and O–H groups in total. The van der Waals surface area contributed by atoms with E-state index in [9.17, 15) is 14.9 Å². The number of esters is 1. The van der Waals surface area contributed by atoms with Crippen molar-refractivity contribution in [1.82, 2.24) is 4.57 Å². The molecule has 9 heteroatoms. The summed E-state index contributed by atoms with van der Waals surface area (Å²) in [7, 11) is 1.57. The molecule has 1 aliphatic rings. The minimum absolute atomic E-state index is 0.204. The number of hydrogen-bond donors (Lipinski definition) is 0. The molecular formula is C34H31N3O5S. The number of benzene rings is 3. The SMILES string of the molecule is CCCC1=C(C(=O)OCC)[C@H](c2ccccc2OC)n2c(s/c(=C/c3ccc(OCc4ccccc4C#N)cc3)c2=O)=N1. The van der Waals surface area contributed by atoms with Crippen LogP contribution in [0.5, 0.6) is 11.5 Å². The number of thiazole rings is 1. The van der Waals surface area contributed by atoms with Gasteiger partial charge in [-0.2, -0.15) is 5.26 Å². The van der Waals surface area contributed by atoms with Gasteiger partial charge in [-0.25, -0.2) is 9.79 Å². The molecule has 1 aliphatic heterocycles. The Labute approximate surface area is 253 Å². The van der Waals surface area contributed by atoms with Crippen molar-refractivity contribution >= 4 is 23.4 Å². The first kappa shape index (κ1) is 29.5. The van der Waals surface area contributed by atoms with Gasteiger partial charge in [-0.15, -0.1) is 0 Å². The molecule has 43 heavy (non-hydrogen) atoms. The lowest BCUT2D eigenvalue weighted by Crippen LogP contribution is -2.40. The minimum atomic E-state index is -0.748. The summed E-state index contributed by atoms with van der Waals surface area (Å²) in [6.07, 6.45) is 3.14. The highest BCUT2D eigenvalue weighted by Gasteiger charge is 2.35. The first-order chi connectivity index (χ1) is 21.0. The van der Waals surface area contributed by atoms with Crippen molar-refractivity contribution in [2.75, 3.05) is 13.7 Å². The van der Waals surface area contributed by atoms with E-state index in [1.54, 1.807) is 24.7 Å². The van der Waals surface area contributed by atoms with Crippen LogP contribution in [0.15, 0.2) is 93.9 Å². The van der Waals surface area contributed by atoms with Gasteiger partial charge in [0.25, 0.3) is 5.56 Å². The molecule has 0 amide bonds. The maximum Gasteiger partial charge on any atom is 0.338 e. The van der Waals surface area contributed by atoms with E-state index in [0.29, 0.717) is 49.7 Å². The van der Waals surface area contributed by atoms with E-state index in [1.807, 2.05) is 79.7 Å². The second-order valence-electron chi connectivity index (χ2n) is 9.78. The van der Waals surface area contributed by atoms with Gasteiger partial charge in [-0.1, -0.05) is 73.2 Å². The first-order valence-corrected chi connectivity index (χ1v) is 14.9. The number of nitriles is 1. The monoisotopic (exact) mass is 593 g/mol. The van der Waals surface area contributed by atoms with Crippen LogP contribution in [0.4, 0.5) is 0 Å². The number of para-hydroxylation sites is 1. The molecule has 0 fully saturated rings. The van der Waals surface area contributed by atoms with E-state index in [0.717, 1.165) is 17.5 Å². The normalized spacial score (nSPS) is 14.5. The Balaban J connectivity index is 1.55. The number of carbonyl (C=O) groups excluding carboxylic acids is 1. The van der Waals surface area contributed by atoms with Crippen LogP contribution in [0.3, 0.4) is 0 Å². The highest BCUT2D eigenvalue weighted by atomic mass is 32.1. The summed E-state index contributed by atoms with van der Waals surface area (Å²) in [5.41, 5.74) is 3.59. The number of aromatic nitrogens is 1. The molecule has 218 valence electrons. The van der Waals surface area contributed by atoms with E-state index in [2.05, 4.69) is 6.07 Å². The second kappa shape index (κ2) is 13.4. The minimum Gasteiger partial charge on any atom is -0.496 e. The topological polar surface area (TPSA) is 103 Å². The van der Waals surface area contributed by atoms with Crippen molar-refractivity contribution < 1.29 is 19.0 Å². The van der Waals surface area contributed by atoms with Crippen LogP contribution in [0.25, 0.3) is 6.08 Å². The van der Waals surface area contributed by atoms with Gasteiger partial charge in [-0.3, -0.25) is 9.36 Å². The number of allylic oxidation sites excluding steroid dienone is 1. The molecule has 0 spiro atoms. The Bertz CT molecular complexity index is 1900. The van der Waals surface area contributed by atoms with Gasteiger partial charge in [0.05, 0.1) is 41.2 Å². The summed E-state index contributed by atoms with van der Waals surface area (Å²) < 4.78 is 19.1. The molecule has 0 aliphatic carbocycles.